The van der Waals surface area contributed by atoms with Gasteiger partial charge >= 0.3 is 12.1 Å². The fourth-order valence-corrected chi connectivity index (χ4v) is 4.40. The number of rotatable bonds is 5. The summed E-state index contributed by atoms with van der Waals surface area (Å²) in [6.45, 7) is 4.78. The zero-order valence-electron chi connectivity index (χ0n) is 19.2. The van der Waals surface area contributed by atoms with Crippen molar-refractivity contribution in [2.75, 3.05) is 38.2 Å². The summed E-state index contributed by atoms with van der Waals surface area (Å²) in [7, 11) is 1.68. The van der Waals surface area contributed by atoms with Crippen LogP contribution in [0.15, 0.2) is 54.4 Å². The average molecular weight is 521 g/mol. The van der Waals surface area contributed by atoms with Crippen molar-refractivity contribution in [1.29, 1.82) is 0 Å². The highest BCUT2D eigenvalue weighted by atomic mass is 32.1. The third kappa shape index (κ3) is 5.91. The lowest BCUT2D eigenvalue weighted by Gasteiger charge is -2.34. The molecule has 5 rings (SSSR count). The molecule has 3 aromatic heterocycles. The predicted molar refractivity (Wildman–Crippen MR) is 128 cm³/mol. The van der Waals surface area contributed by atoms with Crippen LogP contribution in [0.4, 0.5) is 19.0 Å². The van der Waals surface area contributed by atoms with Gasteiger partial charge in [-0.05, 0) is 24.3 Å². The van der Waals surface area contributed by atoms with Gasteiger partial charge < -0.3 is 14.7 Å². The van der Waals surface area contributed by atoms with E-state index in [4.69, 9.17) is 19.6 Å². The molecular formula is C23H23F3N6O3S. The molecular weight excluding hydrogens is 497 g/mol. The molecule has 0 bridgehead atoms. The van der Waals surface area contributed by atoms with Crippen LogP contribution >= 0.6 is 11.3 Å². The topological polar surface area (TPSA) is 96.1 Å². The molecule has 13 heteroatoms. The summed E-state index contributed by atoms with van der Waals surface area (Å²) in [4.78, 5) is 27.4. The summed E-state index contributed by atoms with van der Waals surface area (Å²) in [6, 6.07) is 8.05. The maximum atomic E-state index is 10.6. The Balaban J connectivity index is 0.000000384. The number of nitrogens with zero attached hydrogens (tertiary/aromatic N) is 6. The van der Waals surface area contributed by atoms with Gasteiger partial charge in [-0.1, -0.05) is 0 Å². The number of hydrogen-bond acceptors (Lipinski definition) is 8. The number of aliphatic carboxylic acids is 1. The number of halogens is 3. The van der Waals surface area contributed by atoms with Crippen molar-refractivity contribution in [3.63, 3.8) is 0 Å². The van der Waals surface area contributed by atoms with E-state index in [1.807, 2.05) is 42.3 Å². The SMILES string of the molecule is COc1ccc(-c2cnc3c(N4CCN(Cc5nccs5)CC4)nccn23)cc1.O=C(O)C(F)(F)F. The number of thiazole rings is 1. The molecule has 0 unspecified atom stereocenters. The number of imidazole rings is 1. The minimum absolute atomic E-state index is 0.848. The highest BCUT2D eigenvalue weighted by Crippen LogP contribution is 2.27. The maximum Gasteiger partial charge on any atom is 0.490 e. The van der Waals surface area contributed by atoms with Crippen LogP contribution in [0.3, 0.4) is 0 Å². The van der Waals surface area contributed by atoms with Gasteiger partial charge in [0.05, 0.1) is 25.5 Å². The molecule has 0 spiro atoms. The first-order valence-electron chi connectivity index (χ1n) is 10.9. The summed E-state index contributed by atoms with van der Waals surface area (Å²) in [5, 5.41) is 10.3. The lowest BCUT2D eigenvalue weighted by molar-refractivity contribution is -0.192. The molecule has 9 nitrogen and oxygen atoms in total. The minimum atomic E-state index is -5.08. The summed E-state index contributed by atoms with van der Waals surface area (Å²) >= 11 is 1.72. The number of carbonyl (C=O) groups is 1. The molecule has 1 saturated heterocycles. The monoisotopic (exact) mass is 520 g/mol. The van der Waals surface area contributed by atoms with E-state index < -0.39 is 12.1 Å². The normalized spacial score (nSPS) is 14.4. The van der Waals surface area contributed by atoms with Crippen LogP contribution < -0.4 is 9.64 Å². The van der Waals surface area contributed by atoms with E-state index in [0.717, 1.165) is 61.2 Å². The van der Waals surface area contributed by atoms with Crippen molar-refractivity contribution in [3.8, 4) is 17.0 Å². The zero-order valence-corrected chi connectivity index (χ0v) is 20.0. The van der Waals surface area contributed by atoms with Gasteiger partial charge in [-0.2, -0.15) is 13.2 Å². The number of ether oxygens (including phenoxy) is 1. The summed E-state index contributed by atoms with van der Waals surface area (Å²) in [5.41, 5.74) is 3.05. The number of methoxy groups -OCH3 is 1. The highest BCUT2D eigenvalue weighted by Gasteiger charge is 2.38. The molecule has 0 radical (unpaired) electrons. The van der Waals surface area contributed by atoms with Gasteiger partial charge in [0.25, 0.3) is 0 Å². The van der Waals surface area contributed by atoms with Gasteiger partial charge in [0.15, 0.2) is 11.5 Å². The van der Waals surface area contributed by atoms with Gasteiger partial charge in [-0.25, -0.2) is 19.7 Å². The van der Waals surface area contributed by atoms with E-state index in [9.17, 15) is 13.2 Å². The number of fused-ring (bicyclic) bond motifs is 1. The number of alkyl halides is 3. The summed E-state index contributed by atoms with van der Waals surface area (Å²) < 4.78 is 39.1. The predicted octanol–water partition coefficient (Wildman–Crippen LogP) is 3.82. The first-order valence-corrected chi connectivity index (χ1v) is 11.8. The van der Waals surface area contributed by atoms with Gasteiger partial charge in [0.2, 0.25) is 0 Å². The molecule has 36 heavy (non-hydrogen) atoms. The molecule has 0 amide bonds. The first-order chi connectivity index (χ1) is 17.3. The van der Waals surface area contributed by atoms with E-state index in [0.29, 0.717) is 0 Å². The Hall–Kier alpha value is -3.71. The smallest absolute Gasteiger partial charge is 0.490 e. The molecule has 1 aliphatic rings. The molecule has 190 valence electrons. The Morgan fingerprint density at radius 3 is 2.36 bits per heavy atom. The standard InChI is InChI=1S/C21H22N6OS.C2HF3O2/c1-28-17-4-2-16(3-5-17)18-14-24-21-20(23-6-8-27(18)21)26-11-9-25(10-12-26)15-19-22-7-13-29-19;3-2(4,5)1(6)7/h2-8,13-14H,9-12,15H2,1H3;(H,6,7). The van der Waals surface area contributed by atoms with Gasteiger partial charge in [0.1, 0.15) is 10.8 Å². The number of carboxylic acids is 1. The van der Waals surface area contributed by atoms with E-state index in [1.165, 1.54) is 5.01 Å². The fraction of sp³-hybridized carbons (Fsp3) is 0.304. The zero-order chi connectivity index (χ0) is 25.7. The number of carboxylic acid groups (broad SMARTS) is 1. The molecule has 1 fully saturated rings. The molecule has 1 aromatic carbocycles. The van der Waals surface area contributed by atoms with Crippen molar-refractivity contribution in [3.05, 3.63) is 59.4 Å². The molecule has 1 N–H and O–H groups in total. The second kappa shape index (κ2) is 10.9. The van der Waals surface area contributed by atoms with Crippen LogP contribution in [0.2, 0.25) is 0 Å². The molecule has 0 saturated carbocycles. The lowest BCUT2D eigenvalue weighted by atomic mass is 10.1. The van der Waals surface area contributed by atoms with Crippen molar-refractivity contribution in [1.82, 2.24) is 24.3 Å². The van der Waals surface area contributed by atoms with Crippen LogP contribution in [0.5, 0.6) is 5.75 Å². The Kier molecular flexibility index (Phi) is 7.70. The number of hydrogen-bond donors (Lipinski definition) is 1. The van der Waals surface area contributed by atoms with Crippen LogP contribution in [0.25, 0.3) is 16.9 Å². The van der Waals surface area contributed by atoms with Crippen molar-refractivity contribution >= 4 is 28.8 Å². The quantitative estimate of drug-likeness (QED) is 0.425. The Bertz CT molecular complexity index is 1290. The largest absolute Gasteiger partial charge is 0.497 e. The number of piperazine rings is 1. The number of aromatic nitrogens is 4. The van der Waals surface area contributed by atoms with E-state index in [1.54, 1.807) is 18.4 Å². The third-order valence-corrected chi connectivity index (χ3v) is 6.32. The second-order valence-electron chi connectivity index (χ2n) is 7.81. The maximum absolute atomic E-state index is 10.6. The van der Waals surface area contributed by atoms with Crippen LogP contribution in [0, 0.1) is 0 Å². The Morgan fingerprint density at radius 2 is 1.78 bits per heavy atom. The van der Waals surface area contributed by atoms with Crippen LogP contribution in [0.1, 0.15) is 5.01 Å². The lowest BCUT2D eigenvalue weighted by Crippen LogP contribution is -2.46. The average Bonchev–Trinajstić information content (AvgIpc) is 3.54. The van der Waals surface area contributed by atoms with E-state index in [-0.39, 0.29) is 0 Å². The Labute approximate surface area is 208 Å². The first kappa shape index (κ1) is 25.4. The molecule has 4 aromatic rings. The van der Waals surface area contributed by atoms with Gasteiger partial charge in [-0.3, -0.25) is 9.30 Å². The summed E-state index contributed by atoms with van der Waals surface area (Å²) in [5.74, 6) is -0.964. The Morgan fingerprint density at radius 1 is 1.08 bits per heavy atom. The minimum Gasteiger partial charge on any atom is -0.497 e. The number of anilines is 1. The molecule has 1 aliphatic heterocycles. The van der Waals surface area contributed by atoms with E-state index in [2.05, 4.69) is 36.3 Å². The fourth-order valence-electron chi connectivity index (χ4n) is 3.74. The highest BCUT2D eigenvalue weighted by molar-refractivity contribution is 7.09. The summed E-state index contributed by atoms with van der Waals surface area (Å²) in [6.07, 6.45) is 2.55. The second-order valence-corrected chi connectivity index (χ2v) is 8.79. The third-order valence-electron chi connectivity index (χ3n) is 5.55. The van der Waals surface area contributed by atoms with Gasteiger partial charge in [0, 0.05) is 55.7 Å². The van der Waals surface area contributed by atoms with Crippen molar-refractivity contribution < 1.29 is 27.8 Å². The van der Waals surface area contributed by atoms with Crippen molar-refractivity contribution in [2.24, 2.45) is 0 Å². The van der Waals surface area contributed by atoms with E-state index >= 15 is 0 Å². The molecule has 4 heterocycles. The van der Waals surface area contributed by atoms with Crippen molar-refractivity contribution in [2.45, 2.75) is 12.7 Å². The molecule has 0 aliphatic carbocycles. The van der Waals surface area contributed by atoms with Gasteiger partial charge in [-0.15, -0.1) is 11.3 Å². The van der Waals surface area contributed by atoms with Crippen LogP contribution in [-0.4, -0.2) is 74.8 Å². The molecule has 0 atom stereocenters. The number of benzene rings is 1. The van der Waals surface area contributed by atoms with Crippen LogP contribution in [-0.2, 0) is 11.3 Å².